The van der Waals surface area contributed by atoms with Crippen LogP contribution in [0.15, 0.2) is 12.4 Å². The Morgan fingerprint density at radius 1 is 1.60 bits per heavy atom. The number of hydrogen-bond acceptors (Lipinski definition) is 4. The molecule has 1 unspecified atom stereocenters. The molecule has 1 rings (SSSR count). The molecule has 1 atom stereocenters. The van der Waals surface area contributed by atoms with Gasteiger partial charge in [-0.1, -0.05) is 13.8 Å². The van der Waals surface area contributed by atoms with Crippen LogP contribution in [-0.4, -0.2) is 37.9 Å². The maximum atomic E-state index is 12.5. The van der Waals surface area contributed by atoms with Gasteiger partial charge in [0, 0.05) is 6.20 Å². The summed E-state index contributed by atoms with van der Waals surface area (Å²) in [6.45, 7) is 5.95. The van der Waals surface area contributed by atoms with E-state index in [-0.39, 0.29) is 6.01 Å². The normalized spacial score (nSPS) is 13.1. The van der Waals surface area contributed by atoms with E-state index in [4.69, 9.17) is 4.74 Å². The van der Waals surface area contributed by atoms with Gasteiger partial charge in [-0.2, -0.15) is 8.18 Å². The third kappa shape index (κ3) is 3.28. The first-order chi connectivity index (χ1) is 7.19. The standard InChI is InChI=1S/C8H14FN3O2S/c1-3-11(4-2)7-14-8-10-5-6-12(8)15(9)13/h5-6H,3-4,7H2,1-2H3. The zero-order valence-corrected chi connectivity index (χ0v) is 9.54. The summed E-state index contributed by atoms with van der Waals surface area (Å²) in [5.41, 5.74) is 0. The second-order valence-corrected chi connectivity index (χ2v) is 3.63. The first-order valence-electron chi connectivity index (χ1n) is 4.66. The van der Waals surface area contributed by atoms with Gasteiger partial charge in [0.05, 0.1) is 6.20 Å². The van der Waals surface area contributed by atoms with E-state index in [0.29, 0.717) is 6.73 Å². The molecule has 0 radical (unpaired) electrons. The van der Waals surface area contributed by atoms with E-state index in [0.717, 1.165) is 17.1 Å². The lowest BCUT2D eigenvalue weighted by molar-refractivity contribution is 0.127. The molecular weight excluding hydrogens is 221 g/mol. The third-order valence-electron chi connectivity index (χ3n) is 2.00. The maximum Gasteiger partial charge on any atom is 0.312 e. The van der Waals surface area contributed by atoms with E-state index >= 15 is 0 Å². The number of rotatable bonds is 6. The fraction of sp³-hybridized carbons (Fsp3) is 0.625. The van der Waals surface area contributed by atoms with Crippen molar-refractivity contribution in [2.24, 2.45) is 0 Å². The Hall–Kier alpha value is -0.950. The molecule has 0 aliphatic rings. The minimum absolute atomic E-state index is 0.0303. The van der Waals surface area contributed by atoms with Crippen LogP contribution in [0.3, 0.4) is 0 Å². The largest absolute Gasteiger partial charge is 0.448 e. The maximum absolute atomic E-state index is 12.5. The minimum atomic E-state index is -2.62. The molecule has 0 fully saturated rings. The van der Waals surface area contributed by atoms with Crippen molar-refractivity contribution < 1.29 is 12.8 Å². The Morgan fingerprint density at radius 2 is 2.27 bits per heavy atom. The molecule has 86 valence electrons. The summed E-state index contributed by atoms with van der Waals surface area (Å²) in [5, 5.41) is 0. The van der Waals surface area contributed by atoms with Crippen LogP contribution in [0, 0.1) is 0 Å². The van der Waals surface area contributed by atoms with Crippen molar-refractivity contribution in [1.29, 1.82) is 0 Å². The Morgan fingerprint density at radius 3 is 2.80 bits per heavy atom. The molecule has 0 spiro atoms. The summed E-state index contributed by atoms with van der Waals surface area (Å²) in [5.74, 6) is 0. The zero-order valence-electron chi connectivity index (χ0n) is 8.72. The van der Waals surface area contributed by atoms with Crippen LogP contribution in [0.2, 0.25) is 0 Å². The predicted molar refractivity (Wildman–Crippen MR) is 55.3 cm³/mol. The number of hydrogen-bond donors (Lipinski definition) is 0. The number of ether oxygens (including phenoxy) is 1. The van der Waals surface area contributed by atoms with Crippen molar-refractivity contribution in [3.8, 4) is 6.01 Å². The third-order valence-corrected chi connectivity index (χ3v) is 2.59. The summed E-state index contributed by atoms with van der Waals surface area (Å²) in [4.78, 5) is 5.75. The van der Waals surface area contributed by atoms with E-state index in [1.807, 2.05) is 18.7 Å². The average molecular weight is 235 g/mol. The molecule has 0 amide bonds. The van der Waals surface area contributed by atoms with Crippen LogP contribution in [0.25, 0.3) is 0 Å². The molecule has 5 nitrogen and oxygen atoms in total. The molecule has 0 aromatic carbocycles. The van der Waals surface area contributed by atoms with Crippen LogP contribution in [0.4, 0.5) is 3.89 Å². The molecular formula is C8H14FN3O2S. The van der Waals surface area contributed by atoms with Crippen molar-refractivity contribution in [1.82, 2.24) is 13.9 Å². The Kier molecular flexibility index (Phi) is 4.70. The Balaban J connectivity index is 2.57. The number of aromatic nitrogens is 2. The quantitative estimate of drug-likeness (QED) is 0.544. The first kappa shape index (κ1) is 12.1. The van der Waals surface area contributed by atoms with Crippen LogP contribution >= 0.6 is 0 Å². The van der Waals surface area contributed by atoms with Gasteiger partial charge in [-0.05, 0) is 13.1 Å². The van der Waals surface area contributed by atoms with Gasteiger partial charge >= 0.3 is 17.4 Å². The van der Waals surface area contributed by atoms with E-state index in [2.05, 4.69) is 4.98 Å². The molecule has 1 aromatic heterocycles. The molecule has 1 heterocycles. The van der Waals surface area contributed by atoms with Crippen LogP contribution < -0.4 is 4.74 Å². The van der Waals surface area contributed by atoms with Crippen LogP contribution in [0.5, 0.6) is 6.01 Å². The topological polar surface area (TPSA) is 47.4 Å². The fourth-order valence-corrected chi connectivity index (χ4v) is 1.42. The lowest BCUT2D eigenvalue weighted by Crippen LogP contribution is -2.28. The average Bonchev–Trinajstić information content (AvgIpc) is 2.67. The van der Waals surface area contributed by atoms with Gasteiger partial charge in [-0.15, -0.1) is 3.89 Å². The Bertz CT molecular complexity index is 327. The van der Waals surface area contributed by atoms with Gasteiger partial charge in [0.1, 0.15) is 6.73 Å². The zero-order chi connectivity index (χ0) is 11.3. The van der Waals surface area contributed by atoms with Gasteiger partial charge in [0.25, 0.3) is 0 Å². The van der Waals surface area contributed by atoms with Crippen molar-refractivity contribution in [3.63, 3.8) is 0 Å². The molecule has 7 heteroatoms. The number of nitrogens with zero attached hydrogens (tertiary/aromatic N) is 3. The molecule has 0 saturated carbocycles. The number of halogens is 1. The van der Waals surface area contributed by atoms with Gasteiger partial charge in [-0.3, -0.25) is 4.90 Å². The highest BCUT2D eigenvalue weighted by Crippen LogP contribution is 2.09. The van der Waals surface area contributed by atoms with Crippen molar-refractivity contribution in [2.75, 3.05) is 19.8 Å². The molecule has 0 bridgehead atoms. The first-order valence-corrected chi connectivity index (χ1v) is 5.66. The van der Waals surface area contributed by atoms with Crippen molar-refractivity contribution in [2.45, 2.75) is 13.8 Å². The smallest absolute Gasteiger partial charge is 0.312 e. The van der Waals surface area contributed by atoms with E-state index in [1.165, 1.54) is 12.4 Å². The summed E-state index contributed by atoms with van der Waals surface area (Å²) in [6, 6.07) is 0.0303. The van der Waals surface area contributed by atoms with Gasteiger partial charge in [0.15, 0.2) is 0 Å². The van der Waals surface area contributed by atoms with Crippen LogP contribution in [-0.2, 0) is 11.4 Å². The summed E-state index contributed by atoms with van der Waals surface area (Å²) in [7, 11) is 0. The van der Waals surface area contributed by atoms with Gasteiger partial charge in [-0.25, -0.2) is 4.98 Å². The molecule has 0 aliphatic heterocycles. The summed E-state index contributed by atoms with van der Waals surface area (Å²) < 4.78 is 29.2. The molecule has 15 heavy (non-hydrogen) atoms. The SMILES string of the molecule is CCN(CC)COc1nccn1S(=O)F. The summed E-state index contributed by atoms with van der Waals surface area (Å²) >= 11 is -2.62. The molecule has 0 saturated heterocycles. The highest BCUT2D eigenvalue weighted by Gasteiger charge is 2.10. The highest BCUT2D eigenvalue weighted by molar-refractivity contribution is 7.78. The molecule has 0 N–H and O–H groups in total. The molecule has 0 aliphatic carbocycles. The lowest BCUT2D eigenvalue weighted by Gasteiger charge is -2.17. The van der Waals surface area contributed by atoms with Gasteiger partial charge < -0.3 is 4.74 Å². The lowest BCUT2D eigenvalue weighted by atomic mass is 10.6. The molecule has 1 aromatic rings. The van der Waals surface area contributed by atoms with E-state index in [1.54, 1.807) is 0 Å². The summed E-state index contributed by atoms with van der Waals surface area (Å²) in [6.07, 6.45) is 2.61. The highest BCUT2D eigenvalue weighted by atomic mass is 32.2. The predicted octanol–water partition coefficient (Wildman–Crippen LogP) is 0.958. The second-order valence-electron chi connectivity index (χ2n) is 2.82. The van der Waals surface area contributed by atoms with Crippen LogP contribution in [0.1, 0.15) is 13.8 Å². The second kappa shape index (κ2) is 5.82. The van der Waals surface area contributed by atoms with E-state index < -0.39 is 11.4 Å². The monoisotopic (exact) mass is 235 g/mol. The minimum Gasteiger partial charge on any atom is -0.448 e. The number of imidazole rings is 1. The van der Waals surface area contributed by atoms with Crippen molar-refractivity contribution >= 4 is 11.4 Å². The van der Waals surface area contributed by atoms with E-state index in [9.17, 15) is 8.09 Å². The Labute approximate surface area is 90.7 Å². The fourth-order valence-electron chi connectivity index (χ4n) is 1.04. The van der Waals surface area contributed by atoms with Gasteiger partial charge in [0.2, 0.25) is 0 Å². The van der Waals surface area contributed by atoms with Crippen molar-refractivity contribution in [3.05, 3.63) is 12.4 Å².